The van der Waals surface area contributed by atoms with Crippen molar-refractivity contribution < 1.29 is 18.4 Å². The SMILES string of the molecule is N#Cc1cccc(Cc2nnc(C(=O)N[C@@H]3C(=O)Nc4c(F)cc(F)cc4[C@@H]4CC34)[nH]2)c1. The minimum Gasteiger partial charge on any atom is -0.337 e. The van der Waals surface area contributed by atoms with E-state index in [0.717, 1.165) is 11.6 Å². The number of halogens is 2. The molecule has 0 bridgehead atoms. The van der Waals surface area contributed by atoms with E-state index in [0.29, 0.717) is 29.8 Å². The van der Waals surface area contributed by atoms with Crippen LogP contribution in [0.4, 0.5) is 14.5 Å². The van der Waals surface area contributed by atoms with Gasteiger partial charge in [0.15, 0.2) is 0 Å². The molecule has 1 aliphatic heterocycles. The van der Waals surface area contributed by atoms with Crippen molar-refractivity contribution in [2.75, 3.05) is 5.32 Å². The fraction of sp³-hybridized carbons (Fsp3) is 0.227. The first kappa shape index (κ1) is 19.8. The fourth-order valence-electron chi connectivity index (χ4n) is 4.16. The number of nitriles is 1. The molecule has 1 aliphatic carbocycles. The molecule has 1 saturated carbocycles. The summed E-state index contributed by atoms with van der Waals surface area (Å²) in [6.45, 7) is 0. The van der Waals surface area contributed by atoms with Gasteiger partial charge < -0.3 is 15.6 Å². The van der Waals surface area contributed by atoms with Gasteiger partial charge in [-0.1, -0.05) is 12.1 Å². The van der Waals surface area contributed by atoms with Crippen molar-refractivity contribution in [1.82, 2.24) is 20.5 Å². The average Bonchev–Trinajstić information content (AvgIpc) is 3.44. The number of aromatic nitrogens is 3. The molecule has 3 atom stereocenters. The second-order valence-electron chi connectivity index (χ2n) is 7.91. The van der Waals surface area contributed by atoms with Gasteiger partial charge in [-0.3, -0.25) is 9.59 Å². The molecule has 3 aromatic rings. The molecule has 1 fully saturated rings. The molecule has 1 unspecified atom stereocenters. The molecule has 1 aromatic heterocycles. The second-order valence-corrected chi connectivity index (χ2v) is 7.91. The zero-order valence-corrected chi connectivity index (χ0v) is 16.5. The van der Waals surface area contributed by atoms with E-state index >= 15 is 0 Å². The summed E-state index contributed by atoms with van der Waals surface area (Å²) in [4.78, 5) is 28.2. The van der Waals surface area contributed by atoms with Crippen LogP contribution in [0.5, 0.6) is 0 Å². The lowest BCUT2D eigenvalue weighted by Crippen LogP contribution is -2.45. The van der Waals surface area contributed by atoms with E-state index in [9.17, 15) is 18.4 Å². The number of nitrogens with one attached hydrogen (secondary N) is 3. The molecule has 10 heteroatoms. The average molecular weight is 434 g/mol. The Hall–Kier alpha value is -4.13. The first-order valence-corrected chi connectivity index (χ1v) is 9.94. The number of H-pyrrole nitrogens is 1. The molecular weight excluding hydrogens is 418 g/mol. The fourth-order valence-corrected chi connectivity index (χ4v) is 4.16. The maximum absolute atomic E-state index is 14.2. The standard InChI is InChI=1S/C22H16F2N6O2/c23-12-6-14-13-8-15(13)19(21(31)27-18(14)16(24)7-12)28-22(32)20-26-17(29-30-20)5-10-2-1-3-11(4-10)9-25/h1-4,6-7,13,15,19H,5,8H2,(H,27,31)(H,28,32)(H,26,29,30)/t13-,15?,19-/m0/s1. The summed E-state index contributed by atoms with van der Waals surface area (Å²) in [6.07, 6.45) is 0.871. The van der Waals surface area contributed by atoms with Crippen molar-refractivity contribution >= 4 is 17.5 Å². The van der Waals surface area contributed by atoms with Crippen LogP contribution >= 0.6 is 0 Å². The van der Waals surface area contributed by atoms with Crippen LogP contribution in [0.25, 0.3) is 0 Å². The van der Waals surface area contributed by atoms with Gasteiger partial charge in [-0.05, 0) is 47.6 Å². The molecule has 0 saturated heterocycles. The number of fused-ring (bicyclic) bond motifs is 3. The Morgan fingerprint density at radius 3 is 2.91 bits per heavy atom. The van der Waals surface area contributed by atoms with Crippen molar-refractivity contribution in [2.45, 2.75) is 24.8 Å². The number of hydrogen-bond acceptors (Lipinski definition) is 5. The van der Waals surface area contributed by atoms with Crippen LogP contribution in [0.1, 0.15) is 45.5 Å². The van der Waals surface area contributed by atoms with Gasteiger partial charge in [0.05, 0.1) is 17.3 Å². The van der Waals surface area contributed by atoms with E-state index in [-0.39, 0.29) is 23.3 Å². The summed E-state index contributed by atoms with van der Waals surface area (Å²) < 4.78 is 27.8. The van der Waals surface area contributed by atoms with Gasteiger partial charge in [0, 0.05) is 12.5 Å². The van der Waals surface area contributed by atoms with Gasteiger partial charge in [-0.2, -0.15) is 5.26 Å². The number of anilines is 1. The van der Waals surface area contributed by atoms with E-state index < -0.39 is 29.5 Å². The number of rotatable bonds is 4. The molecule has 32 heavy (non-hydrogen) atoms. The first-order chi connectivity index (χ1) is 15.4. The van der Waals surface area contributed by atoms with Crippen molar-refractivity contribution in [3.8, 4) is 6.07 Å². The molecule has 2 aromatic carbocycles. The molecule has 0 radical (unpaired) electrons. The van der Waals surface area contributed by atoms with E-state index in [1.165, 1.54) is 6.07 Å². The van der Waals surface area contributed by atoms with Crippen LogP contribution in [0, 0.1) is 28.9 Å². The summed E-state index contributed by atoms with van der Waals surface area (Å²) in [5, 5.41) is 21.9. The number of aromatic amines is 1. The summed E-state index contributed by atoms with van der Waals surface area (Å²) in [6, 6.07) is 10.1. The number of carbonyl (C=O) groups excluding carboxylic acids is 2. The minimum absolute atomic E-state index is 0.0396. The third-order valence-electron chi connectivity index (χ3n) is 5.75. The lowest BCUT2D eigenvalue weighted by molar-refractivity contribution is -0.118. The third kappa shape index (κ3) is 3.58. The van der Waals surface area contributed by atoms with E-state index in [2.05, 4.69) is 31.9 Å². The Kier molecular flexibility index (Phi) is 4.66. The highest BCUT2D eigenvalue weighted by Crippen LogP contribution is 2.54. The monoisotopic (exact) mass is 434 g/mol. The van der Waals surface area contributed by atoms with Gasteiger partial charge in [0.2, 0.25) is 11.7 Å². The van der Waals surface area contributed by atoms with Crippen LogP contribution in [-0.4, -0.2) is 33.0 Å². The van der Waals surface area contributed by atoms with Gasteiger partial charge in [0.1, 0.15) is 23.5 Å². The summed E-state index contributed by atoms with van der Waals surface area (Å²) in [5.41, 5.74) is 1.69. The summed E-state index contributed by atoms with van der Waals surface area (Å²) in [5.74, 6) is -2.88. The number of nitrogens with zero attached hydrogens (tertiary/aromatic N) is 3. The molecule has 2 aliphatic rings. The van der Waals surface area contributed by atoms with Crippen LogP contribution in [0.2, 0.25) is 0 Å². The highest BCUT2D eigenvalue weighted by molar-refractivity contribution is 6.01. The number of hydrogen-bond donors (Lipinski definition) is 3. The van der Waals surface area contributed by atoms with E-state index in [4.69, 9.17) is 5.26 Å². The second kappa shape index (κ2) is 7.53. The van der Waals surface area contributed by atoms with Gasteiger partial charge in [-0.15, -0.1) is 10.2 Å². The number of benzene rings is 2. The molecule has 3 N–H and O–H groups in total. The van der Waals surface area contributed by atoms with Crippen molar-refractivity contribution in [3.63, 3.8) is 0 Å². The highest BCUT2D eigenvalue weighted by Gasteiger charge is 2.51. The molecule has 5 rings (SSSR count). The highest BCUT2D eigenvalue weighted by atomic mass is 19.1. The normalized spacial score (nSPS) is 20.9. The maximum atomic E-state index is 14.2. The lowest BCUT2D eigenvalue weighted by atomic mass is 10.1. The van der Waals surface area contributed by atoms with Crippen LogP contribution in [0.15, 0.2) is 36.4 Å². The summed E-state index contributed by atoms with van der Waals surface area (Å²) >= 11 is 0. The van der Waals surface area contributed by atoms with Gasteiger partial charge in [-0.25, -0.2) is 8.78 Å². The number of amides is 2. The maximum Gasteiger partial charge on any atom is 0.289 e. The number of carbonyl (C=O) groups is 2. The quantitative estimate of drug-likeness (QED) is 0.582. The minimum atomic E-state index is -0.914. The zero-order chi connectivity index (χ0) is 22.4. The van der Waals surface area contributed by atoms with Gasteiger partial charge >= 0.3 is 0 Å². The first-order valence-electron chi connectivity index (χ1n) is 9.94. The molecule has 0 spiro atoms. The van der Waals surface area contributed by atoms with Gasteiger partial charge in [0.25, 0.3) is 5.91 Å². The molecule has 160 valence electrons. The topological polar surface area (TPSA) is 124 Å². The Balaban J connectivity index is 1.30. The Bertz CT molecular complexity index is 1300. The lowest BCUT2D eigenvalue weighted by Gasteiger charge is -2.16. The molecule has 2 amide bonds. The third-order valence-corrected chi connectivity index (χ3v) is 5.75. The van der Waals surface area contributed by atoms with Crippen LogP contribution in [-0.2, 0) is 11.2 Å². The zero-order valence-electron chi connectivity index (χ0n) is 16.5. The Morgan fingerprint density at radius 2 is 2.09 bits per heavy atom. The van der Waals surface area contributed by atoms with Crippen LogP contribution in [0.3, 0.4) is 0 Å². The Morgan fingerprint density at radius 1 is 1.25 bits per heavy atom. The Labute approximate surface area is 180 Å². The van der Waals surface area contributed by atoms with E-state index in [1.807, 2.05) is 6.07 Å². The van der Waals surface area contributed by atoms with Crippen LogP contribution < -0.4 is 10.6 Å². The largest absolute Gasteiger partial charge is 0.337 e. The predicted molar refractivity (Wildman–Crippen MR) is 107 cm³/mol. The summed E-state index contributed by atoms with van der Waals surface area (Å²) in [7, 11) is 0. The molecular formula is C22H16F2N6O2. The van der Waals surface area contributed by atoms with E-state index in [1.54, 1.807) is 18.2 Å². The van der Waals surface area contributed by atoms with Crippen molar-refractivity contribution in [2.24, 2.45) is 5.92 Å². The smallest absolute Gasteiger partial charge is 0.289 e. The molecule has 8 nitrogen and oxygen atoms in total. The van der Waals surface area contributed by atoms with Crippen molar-refractivity contribution in [1.29, 1.82) is 5.26 Å². The van der Waals surface area contributed by atoms with Crippen molar-refractivity contribution in [3.05, 3.63) is 76.4 Å². The predicted octanol–water partition coefficient (Wildman–Crippen LogP) is 2.40. The molecule has 2 heterocycles.